The molecule has 2 rings (SSSR count). The Kier molecular flexibility index (Phi) is 5.51. The van der Waals surface area contributed by atoms with Gasteiger partial charge in [0.25, 0.3) is 0 Å². The van der Waals surface area contributed by atoms with E-state index in [1.807, 2.05) is 18.2 Å². The Hall–Kier alpha value is -1.22. The maximum atomic E-state index is 6.28. The van der Waals surface area contributed by atoms with Gasteiger partial charge in [0.1, 0.15) is 0 Å². The van der Waals surface area contributed by atoms with Crippen LogP contribution in [0.4, 0.5) is 5.69 Å². The fourth-order valence-electron chi connectivity index (χ4n) is 2.30. The SMILES string of the molecule is CC(Nc1ccccc1CN(C)C)c1ccc(Cl)cc1Cl. The molecule has 4 heteroatoms. The molecule has 1 N–H and O–H groups in total. The van der Waals surface area contributed by atoms with Crippen LogP contribution < -0.4 is 5.32 Å². The summed E-state index contributed by atoms with van der Waals surface area (Å²) in [5, 5.41) is 4.88. The third-order valence-electron chi connectivity index (χ3n) is 3.30. The van der Waals surface area contributed by atoms with Crippen LogP contribution in [0.25, 0.3) is 0 Å². The lowest BCUT2D eigenvalue weighted by molar-refractivity contribution is 0.403. The van der Waals surface area contributed by atoms with Gasteiger partial charge in [-0.1, -0.05) is 47.5 Å². The normalized spacial score (nSPS) is 12.5. The Labute approximate surface area is 136 Å². The lowest BCUT2D eigenvalue weighted by Crippen LogP contribution is -2.14. The third kappa shape index (κ3) is 4.37. The van der Waals surface area contributed by atoms with Crippen molar-refractivity contribution < 1.29 is 0 Å². The molecular weight excluding hydrogens is 303 g/mol. The average Bonchev–Trinajstić information content (AvgIpc) is 2.40. The summed E-state index contributed by atoms with van der Waals surface area (Å²) in [5.41, 5.74) is 3.44. The number of halogens is 2. The predicted octanol–water partition coefficient (Wildman–Crippen LogP) is 5.23. The van der Waals surface area contributed by atoms with E-state index in [2.05, 4.69) is 49.4 Å². The molecule has 0 aromatic heterocycles. The van der Waals surface area contributed by atoms with Gasteiger partial charge in [-0.25, -0.2) is 0 Å². The molecule has 112 valence electrons. The zero-order valence-electron chi connectivity index (χ0n) is 12.5. The Morgan fingerprint density at radius 2 is 1.81 bits per heavy atom. The van der Waals surface area contributed by atoms with Crippen LogP contribution in [0.15, 0.2) is 42.5 Å². The molecule has 21 heavy (non-hydrogen) atoms. The van der Waals surface area contributed by atoms with Crippen LogP contribution in [0.1, 0.15) is 24.1 Å². The summed E-state index contributed by atoms with van der Waals surface area (Å²) in [6.07, 6.45) is 0. The first kappa shape index (κ1) is 16.2. The number of para-hydroxylation sites is 1. The van der Waals surface area contributed by atoms with Crippen LogP contribution in [-0.4, -0.2) is 19.0 Å². The Bertz CT molecular complexity index is 611. The summed E-state index contributed by atoms with van der Waals surface area (Å²) in [6.45, 7) is 2.99. The zero-order valence-corrected chi connectivity index (χ0v) is 14.0. The van der Waals surface area contributed by atoms with Gasteiger partial charge < -0.3 is 10.2 Å². The fraction of sp³-hybridized carbons (Fsp3) is 0.294. The molecule has 2 aromatic rings. The van der Waals surface area contributed by atoms with Crippen LogP contribution in [0.3, 0.4) is 0 Å². The van der Waals surface area contributed by atoms with Crippen molar-refractivity contribution in [2.24, 2.45) is 0 Å². The van der Waals surface area contributed by atoms with Gasteiger partial charge >= 0.3 is 0 Å². The summed E-state index contributed by atoms with van der Waals surface area (Å²) in [6, 6.07) is 14.1. The molecule has 0 aliphatic heterocycles. The number of benzene rings is 2. The van der Waals surface area contributed by atoms with E-state index in [1.165, 1.54) is 5.56 Å². The van der Waals surface area contributed by atoms with E-state index in [4.69, 9.17) is 23.2 Å². The molecule has 1 unspecified atom stereocenters. The van der Waals surface area contributed by atoms with Crippen molar-refractivity contribution in [1.29, 1.82) is 0 Å². The molecule has 0 aliphatic carbocycles. The maximum Gasteiger partial charge on any atom is 0.0500 e. The highest BCUT2D eigenvalue weighted by molar-refractivity contribution is 6.35. The summed E-state index contributed by atoms with van der Waals surface area (Å²) < 4.78 is 0. The molecule has 0 amide bonds. The molecule has 0 aliphatic rings. The zero-order chi connectivity index (χ0) is 15.4. The van der Waals surface area contributed by atoms with Crippen molar-refractivity contribution >= 4 is 28.9 Å². The molecule has 0 spiro atoms. The van der Waals surface area contributed by atoms with Gasteiger partial charge in [-0.2, -0.15) is 0 Å². The molecule has 1 atom stereocenters. The molecule has 2 nitrogen and oxygen atoms in total. The van der Waals surface area contributed by atoms with Crippen molar-refractivity contribution in [2.75, 3.05) is 19.4 Å². The molecule has 0 heterocycles. The second-order valence-corrected chi connectivity index (χ2v) is 6.27. The van der Waals surface area contributed by atoms with Crippen molar-refractivity contribution in [2.45, 2.75) is 19.5 Å². The summed E-state index contributed by atoms with van der Waals surface area (Å²) in [5.74, 6) is 0. The van der Waals surface area contributed by atoms with Crippen LogP contribution >= 0.6 is 23.2 Å². The monoisotopic (exact) mass is 322 g/mol. The molecule has 2 aromatic carbocycles. The second-order valence-electron chi connectivity index (χ2n) is 5.43. The molecule has 0 saturated heterocycles. The van der Waals surface area contributed by atoms with E-state index in [0.29, 0.717) is 10.0 Å². The van der Waals surface area contributed by atoms with Crippen molar-refractivity contribution in [1.82, 2.24) is 4.90 Å². The van der Waals surface area contributed by atoms with E-state index in [0.717, 1.165) is 17.8 Å². The standard InChI is InChI=1S/C17H20Cl2N2/c1-12(15-9-8-14(18)10-16(15)19)20-17-7-5-4-6-13(17)11-21(2)3/h4-10,12,20H,11H2,1-3H3. The van der Waals surface area contributed by atoms with E-state index >= 15 is 0 Å². The first-order chi connectivity index (χ1) is 9.97. The number of nitrogens with one attached hydrogen (secondary N) is 1. The summed E-state index contributed by atoms with van der Waals surface area (Å²) >= 11 is 12.2. The van der Waals surface area contributed by atoms with E-state index in [1.54, 1.807) is 6.07 Å². The second kappa shape index (κ2) is 7.17. The number of nitrogens with zero attached hydrogens (tertiary/aromatic N) is 1. The molecule has 0 fully saturated rings. The van der Waals surface area contributed by atoms with E-state index < -0.39 is 0 Å². The minimum atomic E-state index is 0.109. The van der Waals surface area contributed by atoms with Gasteiger partial charge in [0.15, 0.2) is 0 Å². The van der Waals surface area contributed by atoms with Gasteiger partial charge in [0.05, 0.1) is 6.04 Å². The van der Waals surface area contributed by atoms with E-state index in [-0.39, 0.29) is 6.04 Å². The van der Waals surface area contributed by atoms with Crippen LogP contribution in [0, 0.1) is 0 Å². The van der Waals surface area contributed by atoms with Gasteiger partial charge in [-0.15, -0.1) is 0 Å². The maximum absolute atomic E-state index is 6.28. The minimum absolute atomic E-state index is 0.109. The lowest BCUT2D eigenvalue weighted by atomic mass is 10.1. The van der Waals surface area contributed by atoms with Crippen molar-refractivity contribution in [3.8, 4) is 0 Å². The van der Waals surface area contributed by atoms with Gasteiger partial charge in [0, 0.05) is 22.3 Å². The molecule has 0 bridgehead atoms. The Balaban J connectivity index is 2.21. The topological polar surface area (TPSA) is 15.3 Å². The number of rotatable bonds is 5. The highest BCUT2D eigenvalue weighted by Crippen LogP contribution is 2.29. The van der Waals surface area contributed by atoms with Gasteiger partial charge in [-0.05, 0) is 50.3 Å². The fourth-order valence-corrected chi connectivity index (χ4v) is 2.88. The summed E-state index contributed by atoms with van der Waals surface area (Å²) in [4.78, 5) is 2.15. The molecule has 0 radical (unpaired) electrons. The number of hydrogen-bond donors (Lipinski definition) is 1. The predicted molar refractivity (Wildman–Crippen MR) is 92.3 cm³/mol. The molecule has 0 saturated carbocycles. The molecular formula is C17H20Cl2N2. The third-order valence-corrected chi connectivity index (χ3v) is 3.87. The van der Waals surface area contributed by atoms with Crippen molar-refractivity contribution in [3.05, 3.63) is 63.6 Å². The minimum Gasteiger partial charge on any atom is -0.378 e. The first-order valence-electron chi connectivity index (χ1n) is 6.91. The van der Waals surface area contributed by atoms with Crippen LogP contribution in [0.2, 0.25) is 10.0 Å². The first-order valence-corrected chi connectivity index (χ1v) is 7.67. The van der Waals surface area contributed by atoms with Crippen molar-refractivity contribution in [3.63, 3.8) is 0 Å². The smallest absolute Gasteiger partial charge is 0.0500 e. The number of hydrogen-bond acceptors (Lipinski definition) is 2. The largest absolute Gasteiger partial charge is 0.378 e. The van der Waals surface area contributed by atoms with E-state index in [9.17, 15) is 0 Å². The summed E-state index contributed by atoms with van der Waals surface area (Å²) in [7, 11) is 4.13. The Morgan fingerprint density at radius 3 is 2.48 bits per heavy atom. The van der Waals surface area contributed by atoms with Gasteiger partial charge in [0.2, 0.25) is 0 Å². The van der Waals surface area contributed by atoms with Crippen LogP contribution in [-0.2, 0) is 6.54 Å². The Morgan fingerprint density at radius 1 is 1.10 bits per heavy atom. The highest BCUT2D eigenvalue weighted by atomic mass is 35.5. The lowest BCUT2D eigenvalue weighted by Gasteiger charge is -2.21. The van der Waals surface area contributed by atoms with Gasteiger partial charge in [-0.3, -0.25) is 0 Å². The van der Waals surface area contributed by atoms with Crippen LogP contribution in [0.5, 0.6) is 0 Å². The average molecular weight is 323 g/mol. The number of anilines is 1. The quantitative estimate of drug-likeness (QED) is 0.811. The highest BCUT2D eigenvalue weighted by Gasteiger charge is 2.12.